The van der Waals surface area contributed by atoms with Crippen molar-refractivity contribution in [3.63, 3.8) is 0 Å². The topological polar surface area (TPSA) is 57.6 Å². The highest BCUT2D eigenvalue weighted by atomic mass is 16.2. The van der Waals surface area contributed by atoms with Crippen molar-refractivity contribution in [3.05, 3.63) is 24.0 Å². The Labute approximate surface area is 142 Å². The molecule has 1 aromatic rings. The van der Waals surface area contributed by atoms with Crippen molar-refractivity contribution in [2.24, 2.45) is 0 Å². The Balaban J connectivity index is 1.48. The molecule has 6 heteroatoms. The molecule has 3 heterocycles. The Hall–Kier alpha value is -1.82. The summed E-state index contributed by atoms with van der Waals surface area (Å²) in [5, 5.41) is 3.05. The number of aromatic nitrogens is 1. The maximum Gasteiger partial charge on any atom is 0.270 e. The Kier molecular flexibility index (Phi) is 3.87. The van der Waals surface area contributed by atoms with E-state index in [0.717, 1.165) is 25.2 Å². The lowest BCUT2D eigenvalue weighted by atomic mass is 9.85. The van der Waals surface area contributed by atoms with Gasteiger partial charge in [0, 0.05) is 38.4 Å². The molecule has 0 radical (unpaired) electrons. The molecule has 3 fully saturated rings. The summed E-state index contributed by atoms with van der Waals surface area (Å²) in [6.07, 6.45) is 6.77. The molecule has 1 saturated carbocycles. The number of nitrogens with zero attached hydrogens (tertiary/aromatic N) is 3. The summed E-state index contributed by atoms with van der Waals surface area (Å²) in [5.41, 5.74) is 0.360. The zero-order chi connectivity index (χ0) is 16.7. The molecule has 1 aromatic heterocycles. The SMILES string of the molecule is CN1CCCNC(=O)C12CCN(C(=O)c1cccn1C1CC1)CC2. The maximum absolute atomic E-state index is 12.9. The molecule has 6 nitrogen and oxygen atoms in total. The van der Waals surface area contributed by atoms with Gasteiger partial charge in [0.1, 0.15) is 11.2 Å². The van der Waals surface area contributed by atoms with Crippen LogP contribution in [0.15, 0.2) is 18.3 Å². The number of rotatable bonds is 2. The quantitative estimate of drug-likeness (QED) is 0.888. The molecule has 1 aliphatic carbocycles. The van der Waals surface area contributed by atoms with Gasteiger partial charge in [-0.15, -0.1) is 0 Å². The Bertz CT molecular complexity index is 641. The molecule has 4 rings (SSSR count). The van der Waals surface area contributed by atoms with Crippen molar-refractivity contribution in [3.8, 4) is 0 Å². The molecular formula is C18H26N4O2. The highest BCUT2D eigenvalue weighted by Crippen LogP contribution is 2.37. The van der Waals surface area contributed by atoms with Gasteiger partial charge in [0.15, 0.2) is 0 Å². The number of likely N-dealkylation sites (N-methyl/N-ethyl adjacent to an activating group) is 1. The van der Waals surface area contributed by atoms with Crippen LogP contribution in [0.1, 0.15) is 48.6 Å². The van der Waals surface area contributed by atoms with Gasteiger partial charge in [-0.1, -0.05) is 0 Å². The molecule has 0 bridgehead atoms. The molecular weight excluding hydrogens is 304 g/mol. The first-order valence-corrected chi connectivity index (χ1v) is 9.07. The Morgan fingerprint density at radius 1 is 1.25 bits per heavy atom. The van der Waals surface area contributed by atoms with Crippen LogP contribution in [0, 0.1) is 0 Å². The number of piperidine rings is 1. The first-order chi connectivity index (χ1) is 11.6. The van der Waals surface area contributed by atoms with Crippen LogP contribution < -0.4 is 5.32 Å². The van der Waals surface area contributed by atoms with Gasteiger partial charge >= 0.3 is 0 Å². The molecule has 0 aromatic carbocycles. The van der Waals surface area contributed by atoms with Crippen molar-refractivity contribution < 1.29 is 9.59 Å². The van der Waals surface area contributed by atoms with Crippen molar-refractivity contribution in [1.29, 1.82) is 0 Å². The van der Waals surface area contributed by atoms with E-state index in [1.165, 1.54) is 12.8 Å². The van der Waals surface area contributed by atoms with Crippen molar-refractivity contribution >= 4 is 11.8 Å². The van der Waals surface area contributed by atoms with Crippen LogP contribution in [-0.2, 0) is 4.79 Å². The van der Waals surface area contributed by atoms with Gasteiger partial charge in [-0.2, -0.15) is 0 Å². The number of nitrogens with one attached hydrogen (secondary N) is 1. The fourth-order valence-corrected chi connectivity index (χ4v) is 4.17. The standard InChI is InChI=1S/C18H26N4O2/c1-20-10-3-9-19-17(24)18(20)7-12-21(13-8-18)16(23)15-4-2-11-22(15)14-5-6-14/h2,4,11,14H,3,5-10,12-13H2,1H3,(H,19,24). The van der Waals surface area contributed by atoms with E-state index >= 15 is 0 Å². The van der Waals surface area contributed by atoms with E-state index in [1.807, 2.05) is 30.3 Å². The predicted octanol–water partition coefficient (Wildman–Crippen LogP) is 1.25. The van der Waals surface area contributed by atoms with Crippen LogP contribution in [0.25, 0.3) is 0 Å². The Morgan fingerprint density at radius 2 is 2.00 bits per heavy atom. The number of amides is 2. The van der Waals surface area contributed by atoms with E-state index in [4.69, 9.17) is 0 Å². The maximum atomic E-state index is 12.9. The molecule has 1 N–H and O–H groups in total. The highest BCUT2D eigenvalue weighted by Gasteiger charge is 2.46. The minimum Gasteiger partial charge on any atom is -0.354 e. The average Bonchev–Trinajstić information content (AvgIpc) is 3.35. The molecule has 2 saturated heterocycles. The highest BCUT2D eigenvalue weighted by molar-refractivity contribution is 5.93. The second kappa shape index (κ2) is 5.92. The number of hydrogen-bond acceptors (Lipinski definition) is 3. The lowest BCUT2D eigenvalue weighted by molar-refractivity contribution is -0.134. The van der Waals surface area contributed by atoms with E-state index in [-0.39, 0.29) is 11.8 Å². The number of hydrogen-bond donors (Lipinski definition) is 1. The van der Waals surface area contributed by atoms with Crippen molar-refractivity contribution in [2.45, 2.75) is 43.7 Å². The molecule has 2 amide bonds. The van der Waals surface area contributed by atoms with E-state index in [2.05, 4.69) is 14.8 Å². The van der Waals surface area contributed by atoms with E-state index < -0.39 is 5.54 Å². The summed E-state index contributed by atoms with van der Waals surface area (Å²) in [4.78, 5) is 29.6. The third-order valence-electron chi connectivity index (χ3n) is 5.93. The molecule has 130 valence electrons. The molecule has 0 atom stereocenters. The zero-order valence-corrected chi connectivity index (χ0v) is 14.3. The van der Waals surface area contributed by atoms with Gasteiger partial charge in [0.05, 0.1) is 0 Å². The normalized spacial score (nSPS) is 24.7. The summed E-state index contributed by atoms with van der Waals surface area (Å²) >= 11 is 0. The average molecular weight is 330 g/mol. The van der Waals surface area contributed by atoms with Gasteiger partial charge in [0.2, 0.25) is 5.91 Å². The smallest absolute Gasteiger partial charge is 0.270 e. The first kappa shape index (κ1) is 15.7. The molecule has 1 spiro atoms. The number of likely N-dealkylation sites (tertiary alicyclic amines) is 1. The summed E-state index contributed by atoms with van der Waals surface area (Å²) in [6, 6.07) is 4.40. The minimum atomic E-state index is -0.439. The van der Waals surface area contributed by atoms with Crippen LogP contribution in [0.2, 0.25) is 0 Å². The fourth-order valence-electron chi connectivity index (χ4n) is 4.17. The zero-order valence-electron chi connectivity index (χ0n) is 14.3. The summed E-state index contributed by atoms with van der Waals surface area (Å²) in [6.45, 7) is 2.97. The summed E-state index contributed by atoms with van der Waals surface area (Å²) < 4.78 is 2.12. The van der Waals surface area contributed by atoms with Crippen LogP contribution in [0.4, 0.5) is 0 Å². The van der Waals surface area contributed by atoms with Gasteiger partial charge in [0.25, 0.3) is 5.91 Å². The Morgan fingerprint density at radius 3 is 2.71 bits per heavy atom. The third-order valence-corrected chi connectivity index (χ3v) is 5.93. The lowest BCUT2D eigenvalue weighted by Crippen LogP contribution is -2.61. The number of carbonyl (C=O) groups is 2. The second-order valence-electron chi connectivity index (χ2n) is 7.39. The van der Waals surface area contributed by atoms with Crippen molar-refractivity contribution in [2.75, 3.05) is 33.2 Å². The van der Waals surface area contributed by atoms with Gasteiger partial charge in [-0.3, -0.25) is 14.5 Å². The largest absolute Gasteiger partial charge is 0.354 e. The minimum absolute atomic E-state index is 0.110. The number of carbonyl (C=O) groups excluding carboxylic acids is 2. The monoisotopic (exact) mass is 330 g/mol. The van der Waals surface area contributed by atoms with Crippen LogP contribution in [0.5, 0.6) is 0 Å². The van der Waals surface area contributed by atoms with Gasteiger partial charge in [-0.25, -0.2) is 0 Å². The van der Waals surface area contributed by atoms with Crippen LogP contribution in [0.3, 0.4) is 0 Å². The third kappa shape index (κ3) is 2.53. The van der Waals surface area contributed by atoms with Crippen molar-refractivity contribution in [1.82, 2.24) is 19.7 Å². The van der Waals surface area contributed by atoms with Gasteiger partial charge in [-0.05, 0) is 51.3 Å². The van der Waals surface area contributed by atoms with Gasteiger partial charge < -0.3 is 14.8 Å². The van der Waals surface area contributed by atoms with E-state index in [1.54, 1.807) is 0 Å². The second-order valence-corrected chi connectivity index (χ2v) is 7.39. The fraction of sp³-hybridized carbons (Fsp3) is 0.667. The van der Waals surface area contributed by atoms with E-state index in [0.29, 0.717) is 32.0 Å². The molecule has 0 unspecified atom stereocenters. The summed E-state index contributed by atoms with van der Waals surface area (Å²) in [7, 11) is 2.04. The van der Waals surface area contributed by atoms with E-state index in [9.17, 15) is 9.59 Å². The molecule has 3 aliphatic rings. The first-order valence-electron chi connectivity index (χ1n) is 9.07. The lowest BCUT2D eigenvalue weighted by Gasteiger charge is -2.44. The summed E-state index contributed by atoms with van der Waals surface area (Å²) in [5.74, 6) is 0.245. The molecule has 24 heavy (non-hydrogen) atoms. The van der Waals surface area contributed by atoms with Crippen LogP contribution in [-0.4, -0.2) is 64.9 Å². The predicted molar refractivity (Wildman–Crippen MR) is 90.8 cm³/mol. The molecule has 2 aliphatic heterocycles. The van der Waals surface area contributed by atoms with Crippen LogP contribution >= 0.6 is 0 Å².